The molecule has 138 valence electrons. The number of amides is 1. The summed E-state index contributed by atoms with van der Waals surface area (Å²) < 4.78 is 1.53. The lowest BCUT2D eigenvalue weighted by Gasteiger charge is -2.25. The summed E-state index contributed by atoms with van der Waals surface area (Å²) in [6.07, 6.45) is 0.979. The Morgan fingerprint density at radius 2 is 2.08 bits per heavy atom. The van der Waals surface area contributed by atoms with Gasteiger partial charge in [-0.15, -0.1) is 0 Å². The number of carboxylic acids is 1. The Hall–Kier alpha value is -2.97. The number of aromatic nitrogens is 4. The normalized spacial score (nSPS) is 20.8. The Kier molecular flexibility index (Phi) is 4.88. The minimum Gasteiger partial charge on any atom is -0.481 e. The van der Waals surface area contributed by atoms with Crippen LogP contribution in [0.4, 0.5) is 5.95 Å². The molecule has 1 amide bonds. The number of tetrazole rings is 1. The third-order valence-corrected chi connectivity index (χ3v) is 4.78. The van der Waals surface area contributed by atoms with Crippen LogP contribution in [0.25, 0.3) is 5.69 Å². The van der Waals surface area contributed by atoms with E-state index in [1.165, 1.54) is 4.68 Å². The molecule has 2 aromatic rings. The van der Waals surface area contributed by atoms with E-state index in [1.54, 1.807) is 11.8 Å². The molecule has 0 spiro atoms. The summed E-state index contributed by atoms with van der Waals surface area (Å²) in [5.74, 6) is -0.640. The molecule has 26 heavy (non-hydrogen) atoms. The maximum absolute atomic E-state index is 12.9. The summed E-state index contributed by atoms with van der Waals surface area (Å²) in [5.41, 5.74) is -0.110. The minimum absolute atomic E-state index is 0.139. The van der Waals surface area contributed by atoms with Crippen molar-refractivity contribution in [2.75, 3.05) is 18.4 Å². The minimum atomic E-state index is -0.889. The van der Waals surface area contributed by atoms with E-state index in [2.05, 4.69) is 20.8 Å². The van der Waals surface area contributed by atoms with Crippen LogP contribution in [0, 0.1) is 5.41 Å². The molecule has 0 saturated carbocycles. The number of benzene rings is 1. The summed E-state index contributed by atoms with van der Waals surface area (Å²) >= 11 is 0. The molecule has 1 aliphatic heterocycles. The van der Waals surface area contributed by atoms with Crippen molar-refractivity contribution in [3.8, 4) is 5.69 Å². The molecule has 1 aromatic heterocycles. The van der Waals surface area contributed by atoms with Gasteiger partial charge >= 0.3 is 5.97 Å². The molecule has 1 aliphatic rings. The summed E-state index contributed by atoms with van der Waals surface area (Å²) in [6, 6.07) is 8.85. The van der Waals surface area contributed by atoms with Crippen molar-refractivity contribution in [2.24, 2.45) is 5.41 Å². The van der Waals surface area contributed by atoms with Crippen molar-refractivity contribution in [3.05, 3.63) is 30.3 Å². The first-order valence-electron chi connectivity index (χ1n) is 8.57. The van der Waals surface area contributed by atoms with E-state index in [9.17, 15) is 14.7 Å². The molecule has 1 aromatic carbocycles. The number of hydrogen-bond acceptors (Lipinski definition) is 6. The molecule has 0 aliphatic carbocycles. The number of nitrogens with zero attached hydrogens (tertiary/aromatic N) is 5. The van der Waals surface area contributed by atoms with Crippen molar-refractivity contribution in [2.45, 2.75) is 32.7 Å². The fraction of sp³-hybridized carbons (Fsp3) is 0.471. The number of rotatable bonds is 6. The second-order valence-corrected chi connectivity index (χ2v) is 6.73. The van der Waals surface area contributed by atoms with Crippen LogP contribution >= 0.6 is 0 Å². The molecular formula is C17H22N6O3. The van der Waals surface area contributed by atoms with E-state index in [0.717, 1.165) is 5.69 Å². The zero-order chi connectivity index (χ0) is 18.7. The van der Waals surface area contributed by atoms with Gasteiger partial charge in [0, 0.05) is 13.1 Å². The molecule has 1 saturated heterocycles. The molecule has 2 heterocycles. The van der Waals surface area contributed by atoms with Crippen LogP contribution in [0.3, 0.4) is 0 Å². The van der Waals surface area contributed by atoms with Gasteiger partial charge in [0.25, 0.3) is 0 Å². The van der Waals surface area contributed by atoms with Gasteiger partial charge in [0.2, 0.25) is 11.9 Å². The predicted molar refractivity (Wildman–Crippen MR) is 93.8 cm³/mol. The predicted octanol–water partition coefficient (Wildman–Crippen LogP) is 1.18. The van der Waals surface area contributed by atoms with Gasteiger partial charge in [-0.05, 0) is 42.3 Å². The average molecular weight is 358 g/mol. The molecule has 3 rings (SSSR count). The average Bonchev–Trinajstić information content (AvgIpc) is 3.27. The smallest absolute Gasteiger partial charge is 0.311 e. The molecule has 2 N–H and O–H groups in total. The Morgan fingerprint density at radius 1 is 1.35 bits per heavy atom. The fourth-order valence-corrected chi connectivity index (χ4v) is 3.06. The Bertz CT molecular complexity index is 793. The summed E-state index contributed by atoms with van der Waals surface area (Å²) in [5, 5.41) is 24.1. The maximum Gasteiger partial charge on any atom is 0.311 e. The topological polar surface area (TPSA) is 113 Å². The molecule has 2 unspecified atom stereocenters. The van der Waals surface area contributed by atoms with E-state index in [-0.39, 0.29) is 12.5 Å². The zero-order valence-electron chi connectivity index (χ0n) is 14.8. The van der Waals surface area contributed by atoms with Crippen LogP contribution in [0.15, 0.2) is 30.3 Å². The number of carbonyl (C=O) groups excluding carboxylic acids is 1. The molecular weight excluding hydrogens is 336 g/mol. The Labute approximate surface area is 151 Å². The van der Waals surface area contributed by atoms with Crippen LogP contribution < -0.4 is 5.32 Å². The first-order chi connectivity index (χ1) is 12.4. The monoisotopic (exact) mass is 358 g/mol. The van der Waals surface area contributed by atoms with Crippen molar-refractivity contribution in [1.82, 2.24) is 25.1 Å². The third kappa shape index (κ3) is 3.37. The summed E-state index contributed by atoms with van der Waals surface area (Å²) in [6.45, 7) is 4.21. The van der Waals surface area contributed by atoms with Crippen molar-refractivity contribution >= 4 is 17.8 Å². The highest BCUT2D eigenvalue weighted by molar-refractivity contribution is 5.86. The van der Waals surface area contributed by atoms with Gasteiger partial charge < -0.3 is 15.3 Å². The molecule has 1 fully saturated rings. The number of hydrogen-bond donors (Lipinski definition) is 2. The largest absolute Gasteiger partial charge is 0.481 e. The van der Waals surface area contributed by atoms with Gasteiger partial charge in [0.15, 0.2) is 0 Å². The lowest BCUT2D eigenvalue weighted by atomic mass is 9.90. The number of nitrogens with one attached hydrogen (secondary N) is 1. The molecule has 0 radical (unpaired) electrons. The van der Waals surface area contributed by atoms with Gasteiger partial charge in [0.05, 0.1) is 11.1 Å². The Morgan fingerprint density at radius 3 is 2.69 bits per heavy atom. The standard InChI is InChI=1S/C17H22N6O3/c1-3-13(14(24)22-10-9-17(2,11-22)15(25)26)18-16-19-20-21-23(16)12-7-5-4-6-8-12/h4-8,13H,3,9-11H2,1-2H3,(H,25,26)(H,18,19,21). The van der Waals surface area contributed by atoms with E-state index >= 15 is 0 Å². The zero-order valence-corrected chi connectivity index (χ0v) is 14.8. The molecule has 9 nitrogen and oxygen atoms in total. The van der Waals surface area contributed by atoms with E-state index < -0.39 is 17.4 Å². The van der Waals surface area contributed by atoms with Crippen LogP contribution in [-0.4, -0.2) is 61.2 Å². The van der Waals surface area contributed by atoms with E-state index in [4.69, 9.17) is 0 Å². The molecule has 9 heteroatoms. The molecule has 2 atom stereocenters. The van der Waals surface area contributed by atoms with Crippen molar-refractivity contribution < 1.29 is 14.7 Å². The SMILES string of the molecule is CCC(Nc1nnnn1-c1ccccc1)C(=O)N1CCC(C)(C(=O)O)C1. The van der Waals surface area contributed by atoms with Gasteiger partial charge in [-0.25, -0.2) is 0 Å². The van der Waals surface area contributed by atoms with Gasteiger partial charge in [-0.2, -0.15) is 4.68 Å². The number of para-hydroxylation sites is 1. The second kappa shape index (κ2) is 7.11. The maximum atomic E-state index is 12.9. The lowest BCUT2D eigenvalue weighted by Crippen LogP contribution is -2.43. The first-order valence-corrected chi connectivity index (χ1v) is 8.57. The Balaban J connectivity index is 1.74. The van der Waals surface area contributed by atoms with Gasteiger partial charge in [0.1, 0.15) is 6.04 Å². The number of aliphatic carboxylic acids is 1. The fourth-order valence-electron chi connectivity index (χ4n) is 3.06. The van der Waals surface area contributed by atoms with Crippen molar-refractivity contribution in [3.63, 3.8) is 0 Å². The van der Waals surface area contributed by atoms with Crippen molar-refractivity contribution in [1.29, 1.82) is 0 Å². The third-order valence-electron chi connectivity index (χ3n) is 4.78. The highest BCUT2D eigenvalue weighted by atomic mass is 16.4. The van der Waals surface area contributed by atoms with Gasteiger partial charge in [-0.1, -0.05) is 30.2 Å². The van der Waals surface area contributed by atoms with Crippen LogP contribution in [-0.2, 0) is 9.59 Å². The second-order valence-electron chi connectivity index (χ2n) is 6.73. The highest BCUT2D eigenvalue weighted by Gasteiger charge is 2.43. The summed E-state index contributed by atoms with van der Waals surface area (Å²) in [4.78, 5) is 25.9. The molecule has 0 bridgehead atoms. The van der Waals surface area contributed by atoms with E-state index in [0.29, 0.717) is 25.3 Å². The van der Waals surface area contributed by atoms with Crippen LogP contribution in [0.2, 0.25) is 0 Å². The number of likely N-dealkylation sites (tertiary alicyclic amines) is 1. The summed E-state index contributed by atoms with van der Waals surface area (Å²) in [7, 11) is 0. The quantitative estimate of drug-likeness (QED) is 0.797. The first kappa shape index (κ1) is 17.8. The highest BCUT2D eigenvalue weighted by Crippen LogP contribution is 2.30. The van der Waals surface area contributed by atoms with Crippen LogP contribution in [0.5, 0.6) is 0 Å². The van der Waals surface area contributed by atoms with Crippen LogP contribution in [0.1, 0.15) is 26.7 Å². The van der Waals surface area contributed by atoms with E-state index in [1.807, 2.05) is 37.3 Å². The number of carbonyl (C=O) groups is 2. The lowest BCUT2D eigenvalue weighted by molar-refractivity contribution is -0.147. The number of anilines is 1. The number of carboxylic acid groups (broad SMARTS) is 1. The van der Waals surface area contributed by atoms with Gasteiger partial charge in [-0.3, -0.25) is 9.59 Å².